The third-order valence-corrected chi connectivity index (χ3v) is 6.13. The summed E-state index contributed by atoms with van der Waals surface area (Å²) >= 11 is 0. The molecule has 0 spiro atoms. The predicted molar refractivity (Wildman–Crippen MR) is 105 cm³/mol. The van der Waals surface area contributed by atoms with Gasteiger partial charge in [0.05, 0.1) is 0 Å². The van der Waals surface area contributed by atoms with E-state index in [-0.39, 0.29) is 23.6 Å². The highest BCUT2D eigenvalue weighted by Crippen LogP contribution is 2.44. The van der Waals surface area contributed by atoms with E-state index in [4.69, 9.17) is 4.74 Å². The van der Waals surface area contributed by atoms with E-state index >= 15 is 0 Å². The second-order valence-corrected chi connectivity index (χ2v) is 8.06. The third-order valence-electron chi connectivity index (χ3n) is 6.13. The van der Waals surface area contributed by atoms with Gasteiger partial charge < -0.3 is 15.2 Å². The van der Waals surface area contributed by atoms with Gasteiger partial charge in [-0.15, -0.1) is 0 Å². The van der Waals surface area contributed by atoms with Crippen LogP contribution in [0.3, 0.4) is 0 Å². The van der Waals surface area contributed by atoms with Crippen molar-refractivity contribution in [2.75, 3.05) is 0 Å². The van der Waals surface area contributed by atoms with Gasteiger partial charge in [-0.2, -0.15) is 0 Å². The lowest BCUT2D eigenvalue weighted by molar-refractivity contribution is -0.155. The van der Waals surface area contributed by atoms with Crippen molar-refractivity contribution in [3.63, 3.8) is 0 Å². The summed E-state index contributed by atoms with van der Waals surface area (Å²) in [4.78, 5) is 26.0. The maximum absolute atomic E-state index is 13.2. The van der Waals surface area contributed by atoms with Crippen molar-refractivity contribution in [1.82, 2.24) is 5.32 Å². The fourth-order valence-corrected chi connectivity index (χ4v) is 4.73. The van der Waals surface area contributed by atoms with Crippen LogP contribution in [0.4, 0.5) is 0 Å². The number of nitrogens with one attached hydrogen (secondary N) is 1. The van der Waals surface area contributed by atoms with Gasteiger partial charge in [-0.3, -0.25) is 9.59 Å². The molecule has 0 bridgehead atoms. The molecule has 3 aliphatic rings. The van der Waals surface area contributed by atoms with Gasteiger partial charge in [-0.05, 0) is 56.2 Å². The number of phenols is 1. The summed E-state index contributed by atoms with van der Waals surface area (Å²) in [5.74, 6) is -1.15. The summed E-state index contributed by atoms with van der Waals surface area (Å²) in [5, 5.41) is 12.9. The number of hydrogen-bond acceptors (Lipinski definition) is 5. The van der Waals surface area contributed by atoms with Gasteiger partial charge in [0.2, 0.25) is 0 Å². The van der Waals surface area contributed by atoms with Crippen molar-refractivity contribution in [1.29, 1.82) is 0 Å². The van der Waals surface area contributed by atoms with Crippen molar-refractivity contribution in [3.8, 4) is 5.75 Å². The van der Waals surface area contributed by atoms with E-state index in [9.17, 15) is 14.7 Å². The molecule has 1 fully saturated rings. The topological polar surface area (TPSA) is 75.6 Å². The van der Waals surface area contributed by atoms with E-state index in [0.717, 1.165) is 49.8 Å². The minimum absolute atomic E-state index is 0.0491. The van der Waals surface area contributed by atoms with E-state index < -0.39 is 11.8 Å². The molecule has 1 heterocycles. The van der Waals surface area contributed by atoms with Gasteiger partial charge in [0, 0.05) is 29.3 Å². The van der Waals surface area contributed by atoms with Crippen LogP contribution in [-0.2, 0) is 14.3 Å². The smallest absolute Gasteiger partial charge is 0.316 e. The molecule has 1 aliphatic heterocycles. The zero-order chi connectivity index (χ0) is 19.7. The maximum Gasteiger partial charge on any atom is 0.316 e. The van der Waals surface area contributed by atoms with Crippen molar-refractivity contribution in [2.45, 2.75) is 63.4 Å². The Morgan fingerprint density at radius 3 is 2.50 bits per heavy atom. The molecule has 2 N–H and O–H groups in total. The monoisotopic (exact) mass is 381 g/mol. The molecule has 4 rings (SSSR count). The summed E-state index contributed by atoms with van der Waals surface area (Å²) in [6.45, 7) is 4.11. The SMILES string of the molecule is C=C1NC2=C(C(=O)CCC2)C(c2ccc(O)cc2)C1C(=O)OC1CCCCC1. The number of esters is 1. The first-order valence-corrected chi connectivity index (χ1v) is 10.3. The fraction of sp³-hybridized carbons (Fsp3) is 0.478. The van der Waals surface area contributed by atoms with Crippen LogP contribution in [0.1, 0.15) is 62.8 Å². The van der Waals surface area contributed by atoms with Gasteiger partial charge >= 0.3 is 5.97 Å². The number of ether oxygens (including phenoxy) is 1. The molecular weight excluding hydrogens is 354 g/mol. The van der Waals surface area contributed by atoms with E-state index in [1.54, 1.807) is 24.3 Å². The Bertz CT molecular complexity index is 818. The molecule has 0 aromatic heterocycles. The first-order chi connectivity index (χ1) is 13.5. The summed E-state index contributed by atoms with van der Waals surface area (Å²) in [6, 6.07) is 6.76. The summed E-state index contributed by atoms with van der Waals surface area (Å²) in [7, 11) is 0. The second-order valence-electron chi connectivity index (χ2n) is 8.06. The van der Waals surface area contributed by atoms with Crippen LogP contribution < -0.4 is 5.32 Å². The van der Waals surface area contributed by atoms with Gasteiger partial charge in [0.25, 0.3) is 0 Å². The zero-order valence-electron chi connectivity index (χ0n) is 16.1. The summed E-state index contributed by atoms with van der Waals surface area (Å²) in [5.41, 5.74) is 2.97. The maximum atomic E-state index is 13.2. The molecule has 5 nitrogen and oxygen atoms in total. The molecule has 1 aromatic rings. The Hall–Kier alpha value is -2.56. The lowest BCUT2D eigenvalue weighted by Gasteiger charge is -2.39. The minimum Gasteiger partial charge on any atom is -0.508 e. The molecule has 2 aliphatic carbocycles. The Labute approximate surface area is 165 Å². The summed E-state index contributed by atoms with van der Waals surface area (Å²) in [6.07, 6.45) is 7.17. The van der Waals surface area contributed by atoms with Crippen LogP contribution in [0.2, 0.25) is 0 Å². The van der Waals surface area contributed by atoms with Crippen LogP contribution in [0.5, 0.6) is 5.75 Å². The van der Waals surface area contributed by atoms with Gasteiger partial charge in [-0.25, -0.2) is 0 Å². The highest BCUT2D eigenvalue weighted by Gasteiger charge is 2.44. The minimum atomic E-state index is -0.646. The molecule has 0 saturated heterocycles. The van der Waals surface area contributed by atoms with Crippen LogP contribution in [0.25, 0.3) is 0 Å². The van der Waals surface area contributed by atoms with Crippen molar-refractivity contribution in [2.24, 2.45) is 5.92 Å². The summed E-state index contributed by atoms with van der Waals surface area (Å²) < 4.78 is 5.87. The molecule has 28 heavy (non-hydrogen) atoms. The number of phenolic OH excluding ortho intramolecular Hbond substituents is 1. The van der Waals surface area contributed by atoms with Gasteiger partial charge in [0.1, 0.15) is 17.8 Å². The quantitative estimate of drug-likeness (QED) is 0.771. The molecular formula is C23H27NO4. The van der Waals surface area contributed by atoms with Crippen LogP contribution in [0.15, 0.2) is 47.8 Å². The Balaban J connectivity index is 1.71. The number of hydrogen-bond donors (Lipinski definition) is 2. The third kappa shape index (κ3) is 3.58. The number of ketones is 1. The molecule has 2 unspecified atom stereocenters. The van der Waals surface area contributed by atoms with Crippen molar-refractivity contribution in [3.05, 3.63) is 53.4 Å². The first-order valence-electron chi connectivity index (χ1n) is 10.3. The molecule has 0 amide bonds. The Morgan fingerprint density at radius 2 is 1.79 bits per heavy atom. The van der Waals surface area contributed by atoms with E-state index in [1.807, 2.05) is 0 Å². The van der Waals surface area contributed by atoms with Gasteiger partial charge in [0.15, 0.2) is 5.78 Å². The van der Waals surface area contributed by atoms with Gasteiger partial charge in [-0.1, -0.05) is 25.1 Å². The molecule has 5 heteroatoms. The standard InChI is InChI=1S/C23H27NO4/c1-14-20(23(27)28-17-6-3-2-4-7-17)21(15-10-12-16(25)13-11-15)22-18(24-14)8-5-9-19(22)26/h10-13,17,20-21,24-25H,1-9H2. The highest BCUT2D eigenvalue weighted by atomic mass is 16.5. The van der Waals surface area contributed by atoms with Crippen LogP contribution >= 0.6 is 0 Å². The number of rotatable bonds is 3. The largest absolute Gasteiger partial charge is 0.508 e. The normalized spacial score (nSPS) is 25.9. The lowest BCUT2D eigenvalue weighted by atomic mass is 9.71. The number of allylic oxidation sites excluding steroid dienone is 2. The number of carbonyl (C=O) groups excluding carboxylic acids is 2. The predicted octanol–water partition coefficient (Wildman–Crippen LogP) is 4.09. The molecule has 148 valence electrons. The molecule has 2 atom stereocenters. The average molecular weight is 381 g/mol. The van der Waals surface area contributed by atoms with Crippen molar-refractivity contribution < 1.29 is 19.4 Å². The number of benzene rings is 1. The zero-order valence-corrected chi connectivity index (χ0v) is 16.1. The Morgan fingerprint density at radius 1 is 1.07 bits per heavy atom. The molecule has 1 aromatic carbocycles. The van der Waals surface area contributed by atoms with Crippen molar-refractivity contribution >= 4 is 11.8 Å². The van der Waals surface area contributed by atoms with Crippen LogP contribution in [-0.4, -0.2) is 23.0 Å². The number of Topliss-reactive ketones (excluding diaryl/α,β-unsaturated/α-hetero) is 1. The second kappa shape index (κ2) is 7.82. The number of aromatic hydroxyl groups is 1. The Kier molecular flexibility index (Phi) is 5.25. The van der Waals surface area contributed by atoms with E-state index in [1.165, 1.54) is 6.42 Å². The van der Waals surface area contributed by atoms with E-state index in [0.29, 0.717) is 17.7 Å². The fourth-order valence-electron chi connectivity index (χ4n) is 4.73. The number of carbonyl (C=O) groups is 2. The average Bonchev–Trinajstić information content (AvgIpc) is 2.68. The highest BCUT2D eigenvalue weighted by molar-refractivity contribution is 6.00. The lowest BCUT2D eigenvalue weighted by Crippen LogP contribution is -2.42. The first kappa shape index (κ1) is 18.8. The molecule has 0 radical (unpaired) electrons. The van der Waals surface area contributed by atoms with Crippen LogP contribution in [0, 0.1) is 5.92 Å². The van der Waals surface area contributed by atoms with E-state index in [2.05, 4.69) is 11.9 Å². The molecule has 1 saturated carbocycles.